The van der Waals surface area contributed by atoms with Gasteiger partial charge in [-0.15, -0.1) is 0 Å². The van der Waals surface area contributed by atoms with Crippen molar-refractivity contribution in [2.24, 2.45) is 0 Å². The molecule has 2 aromatic rings. The van der Waals surface area contributed by atoms with Crippen LogP contribution in [0.25, 0.3) is 0 Å². The van der Waals surface area contributed by atoms with Crippen LogP contribution in [0.4, 0.5) is 5.82 Å². The largest absolute Gasteiger partial charge is 0.437 e. The minimum atomic E-state index is -0.103. The summed E-state index contributed by atoms with van der Waals surface area (Å²) in [6, 6.07) is 7.15. The Hall–Kier alpha value is -1.66. The Morgan fingerprint density at radius 3 is 2.82 bits per heavy atom. The number of anilines is 1. The Balaban J connectivity index is 2.35. The number of aliphatic hydroxyl groups is 1. The molecule has 2 rings (SSSR count). The topological polar surface area (TPSA) is 81.3 Å². The maximum atomic E-state index is 9.17. The predicted octanol–water partition coefficient (Wildman–Crippen LogP) is 2.11. The molecule has 0 radical (unpaired) electrons. The quantitative estimate of drug-likeness (QED) is 0.906. The molecule has 0 bridgehead atoms. The average molecular weight is 296 g/mol. The van der Waals surface area contributed by atoms with Crippen molar-refractivity contribution in [2.75, 3.05) is 5.73 Å². The van der Waals surface area contributed by atoms with Crippen LogP contribution in [-0.4, -0.2) is 15.1 Å². The van der Waals surface area contributed by atoms with Crippen LogP contribution in [0.5, 0.6) is 11.6 Å². The third-order valence-corrected chi connectivity index (χ3v) is 2.88. The van der Waals surface area contributed by atoms with Gasteiger partial charge in [0.2, 0.25) is 5.88 Å². The fourth-order valence-corrected chi connectivity index (χ4v) is 1.56. The molecule has 0 fully saturated rings. The number of nitrogen functional groups attached to an aromatic ring is 1. The SMILES string of the molecule is Nc1ncnc(Oc2ccccc2CO)c1Br. The Labute approximate surface area is 106 Å². The van der Waals surface area contributed by atoms with Gasteiger partial charge < -0.3 is 15.6 Å². The number of nitrogens with zero attached hydrogens (tertiary/aromatic N) is 2. The van der Waals surface area contributed by atoms with E-state index in [9.17, 15) is 5.11 Å². The van der Waals surface area contributed by atoms with Gasteiger partial charge in [0.15, 0.2) is 0 Å². The van der Waals surface area contributed by atoms with Crippen LogP contribution in [-0.2, 0) is 6.61 Å². The van der Waals surface area contributed by atoms with Gasteiger partial charge in [0.25, 0.3) is 0 Å². The van der Waals surface area contributed by atoms with Gasteiger partial charge in [0.1, 0.15) is 22.4 Å². The first-order valence-electron chi connectivity index (χ1n) is 4.85. The van der Waals surface area contributed by atoms with Gasteiger partial charge in [-0.2, -0.15) is 0 Å². The summed E-state index contributed by atoms with van der Waals surface area (Å²) in [6.07, 6.45) is 1.32. The Bertz CT molecular complexity index is 534. The molecule has 0 aliphatic rings. The molecule has 0 spiro atoms. The monoisotopic (exact) mass is 295 g/mol. The second-order valence-electron chi connectivity index (χ2n) is 3.25. The molecule has 88 valence electrons. The van der Waals surface area contributed by atoms with Gasteiger partial charge >= 0.3 is 0 Å². The second-order valence-corrected chi connectivity index (χ2v) is 4.04. The zero-order chi connectivity index (χ0) is 12.3. The van der Waals surface area contributed by atoms with E-state index < -0.39 is 0 Å². The predicted molar refractivity (Wildman–Crippen MR) is 66.6 cm³/mol. The highest BCUT2D eigenvalue weighted by molar-refractivity contribution is 9.10. The van der Waals surface area contributed by atoms with Crippen molar-refractivity contribution < 1.29 is 9.84 Å². The Kier molecular flexibility index (Phi) is 3.55. The lowest BCUT2D eigenvalue weighted by molar-refractivity contribution is 0.276. The molecule has 0 atom stereocenters. The molecule has 5 nitrogen and oxygen atoms in total. The minimum Gasteiger partial charge on any atom is -0.437 e. The van der Waals surface area contributed by atoms with Gasteiger partial charge in [-0.05, 0) is 22.0 Å². The summed E-state index contributed by atoms with van der Waals surface area (Å²) in [6.45, 7) is -0.103. The first kappa shape index (κ1) is 11.8. The average Bonchev–Trinajstić information content (AvgIpc) is 2.35. The zero-order valence-electron chi connectivity index (χ0n) is 8.80. The van der Waals surface area contributed by atoms with Crippen molar-refractivity contribution in [3.05, 3.63) is 40.6 Å². The Morgan fingerprint density at radius 2 is 2.06 bits per heavy atom. The molecule has 0 aliphatic heterocycles. The van der Waals surface area contributed by atoms with Gasteiger partial charge in [0.05, 0.1) is 6.61 Å². The van der Waals surface area contributed by atoms with Crippen LogP contribution >= 0.6 is 15.9 Å². The van der Waals surface area contributed by atoms with Crippen LogP contribution in [0, 0.1) is 0 Å². The van der Waals surface area contributed by atoms with E-state index in [1.807, 2.05) is 12.1 Å². The molecule has 1 aromatic carbocycles. The summed E-state index contributed by atoms with van der Waals surface area (Å²) in [5, 5.41) is 9.17. The second kappa shape index (κ2) is 5.11. The zero-order valence-corrected chi connectivity index (χ0v) is 10.4. The molecule has 1 heterocycles. The third-order valence-electron chi connectivity index (χ3n) is 2.13. The van der Waals surface area contributed by atoms with Crippen molar-refractivity contribution in [1.29, 1.82) is 0 Å². The summed E-state index contributed by atoms with van der Waals surface area (Å²) in [7, 11) is 0. The highest BCUT2D eigenvalue weighted by Gasteiger charge is 2.10. The molecule has 6 heteroatoms. The van der Waals surface area contributed by atoms with E-state index in [1.54, 1.807) is 12.1 Å². The smallest absolute Gasteiger partial charge is 0.238 e. The summed E-state index contributed by atoms with van der Waals surface area (Å²) in [5.74, 6) is 1.16. The van der Waals surface area contributed by atoms with Gasteiger partial charge in [-0.3, -0.25) is 0 Å². The lowest BCUT2D eigenvalue weighted by atomic mass is 10.2. The van der Waals surface area contributed by atoms with E-state index in [1.165, 1.54) is 6.33 Å². The number of hydrogen-bond acceptors (Lipinski definition) is 5. The number of nitrogens with two attached hydrogens (primary N) is 1. The van der Waals surface area contributed by atoms with Crippen LogP contribution in [0.15, 0.2) is 35.1 Å². The van der Waals surface area contributed by atoms with E-state index in [0.717, 1.165) is 0 Å². The fourth-order valence-electron chi connectivity index (χ4n) is 1.28. The summed E-state index contributed by atoms with van der Waals surface area (Å²) >= 11 is 3.25. The maximum Gasteiger partial charge on any atom is 0.238 e. The number of aliphatic hydroxyl groups excluding tert-OH is 1. The van der Waals surface area contributed by atoms with Crippen LogP contribution < -0.4 is 10.5 Å². The highest BCUT2D eigenvalue weighted by atomic mass is 79.9. The van der Waals surface area contributed by atoms with Crippen LogP contribution in [0.3, 0.4) is 0 Å². The first-order valence-corrected chi connectivity index (χ1v) is 5.64. The van der Waals surface area contributed by atoms with Gasteiger partial charge in [-0.1, -0.05) is 18.2 Å². The number of hydrogen-bond donors (Lipinski definition) is 2. The summed E-state index contributed by atoms with van der Waals surface area (Å²) < 4.78 is 6.07. The molecular formula is C11H10BrN3O2. The molecule has 0 saturated heterocycles. The minimum absolute atomic E-state index is 0.103. The Morgan fingerprint density at radius 1 is 1.29 bits per heavy atom. The van der Waals surface area contributed by atoms with Crippen molar-refractivity contribution >= 4 is 21.7 Å². The van der Waals surface area contributed by atoms with E-state index in [-0.39, 0.29) is 6.61 Å². The van der Waals surface area contributed by atoms with Gasteiger partial charge in [0, 0.05) is 5.56 Å². The summed E-state index contributed by atoms with van der Waals surface area (Å²) in [5.41, 5.74) is 6.29. The van der Waals surface area contributed by atoms with E-state index in [0.29, 0.717) is 27.5 Å². The summed E-state index contributed by atoms with van der Waals surface area (Å²) in [4.78, 5) is 7.78. The standard InChI is InChI=1S/C11H10BrN3O2/c12-9-10(13)14-6-15-11(9)17-8-4-2-1-3-7(8)5-16/h1-4,6,16H,5H2,(H2,13,14,15). The maximum absolute atomic E-state index is 9.17. The van der Waals surface area contributed by atoms with Crippen molar-refractivity contribution in [2.45, 2.75) is 6.61 Å². The molecule has 17 heavy (non-hydrogen) atoms. The van der Waals surface area contributed by atoms with E-state index in [4.69, 9.17) is 10.5 Å². The molecule has 1 aromatic heterocycles. The van der Waals surface area contributed by atoms with Crippen molar-refractivity contribution in [1.82, 2.24) is 9.97 Å². The fraction of sp³-hybridized carbons (Fsp3) is 0.0909. The molecular weight excluding hydrogens is 286 g/mol. The number of para-hydroxylation sites is 1. The number of benzene rings is 1. The third kappa shape index (κ3) is 2.54. The highest BCUT2D eigenvalue weighted by Crippen LogP contribution is 2.31. The van der Waals surface area contributed by atoms with Crippen LogP contribution in [0.1, 0.15) is 5.56 Å². The molecule has 0 saturated carbocycles. The van der Waals surface area contributed by atoms with Crippen molar-refractivity contribution in [3.8, 4) is 11.6 Å². The van der Waals surface area contributed by atoms with E-state index in [2.05, 4.69) is 25.9 Å². The van der Waals surface area contributed by atoms with Crippen LogP contribution in [0.2, 0.25) is 0 Å². The first-order chi connectivity index (χ1) is 8.22. The lowest BCUT2D eigenvalue weighted by Gasteiger charge is -2.10. The molecule has 0 aliphatic carbocycles. The number of ether oxygens (including phenoxy) is 1. The number of aromatic nitrogens is 2. The lowest BCUT2D eigenvalue weighted by Crippen LogP contribution is -1.98. The normalized spacial score (nSPS) is 10.2. The molecule has 0 amide bonds. The number of halogens is 1. The molecule has 3 N–H and O–H groups in total. The number of rotatable bonds is 3. The van der Waals surface area contributed by atoms with E-state index >= 15 is 0 Å². The van der Waals surface area contributed by atoms with Gasteiger partial charge in [-0.25, -0.2) is 9.97 Å². The molecule has 0 unspecified atom stereocenters. The van der Waals surface area contributed by atoms with Crippen molar-refractivity contribution in [3.63, 3.8) is 0 Å².